The summed E-state index contributed by atoms with van der Waals surface area (Å²) in [5, 5.41) is 6.56. The van der Waals surface area contributed by atoms with Crippen LogP contribution in [0.2, 0.25) is 0 Å². The molecule has 2 aliphatic rings. The molecule has 21 heavy (non-hydrogen) atoms. The summed E-state index contributed by atoms with van der Waals surface area (Å²) in [6, 6.07) is 2.77. The maximum absolute atomic E-state index is 12.2. The van der Waals surface area contributed by atoms with Crippen LogP contribution >= 0.6 is 0 Å². The third-order valence-corrected chi connectivity index (χ3v) is 4.40. The van der Waals surface area contributed by atoms with Crippen molar-refractivity contribution in [3.63, 3.8) is 0 Å². The number of rotatable bonds is 3. The van der Waals surface area contributed by atoms with E-state index in [2.05, 4.69) is 20.6 Å². The van der Waals surface area contributed by atoms with Crippen LogP contribution in [-0.4, -0.2) is 46.1 Å². The summed E-state index contributed by atoms with van der Waals surface area (Å²) in [6.07, 6.45) is 9.97. The molecule has 2 amide bonds. The number of carbonyl (C=O) groups excluding carboxylic acids is 1. The van der Waals surface area contributed by atoms with Gasteiger partial charge in [-0.15, -0.1) is 0 Å². The monoisotopic (exact) mass is 289 g/mol. The van der Waals surface area contributed by atoms with Gasteiger partial charge in [-0.05, 0) is 31.7 Å². The molecular weight excluding hydrogens is 266 g/mol. The summed E-state index contributed by atoms with van der Waals surface area (Å²) in [4.78, 5) is 22.2. The van der Waals surface area contributed by atoms with Crippen LogP contribution in [0, 0.1) is 0 Å². The quantitative estimate of drug-likeness (QED) is 0.893. The zero-order valence-corrected chi connectivity index (χ0v) is 12.3. The Morgan fingerprint density at radius 3 is 2.57 bits per heavy atom. The highest BCUT2D eigenvalue weighted by atomic mass is 16.2. The molecule has 1 aromatic rings. The maximum atomic E-state index is 12.2. The average Bonchev–Trinajstić information content (AvgIpc) is 3.02. The standard InChI is InChI=1S/C15H23N5O/c21-15(19-12-3-1-2-4-12)20-9-6-13(7-10-20)18-14-5-8-16-11-17-14/h5,8,11-13H,1-4,6-7,9-10H2,(H,19,21)(H,16,17,18). The molecule has 2 heterocycles. The lowest BCUT2D eigenvalue weighted by atomic mass is 10.1. The second kappa shape index (κ2) is 6.74. The normalized spacial score (nSPS) is 20.5. The molecule has 0 unspecified atom stereocenters. The Kier molecular flexibility index (Phi) is 4.52. The highest BCUT2D eigenvalue weighted by molar-refractivity contribution is 5.74. The van der Waals surface area contributed by atoms with Crippen molar-refractivity contribution in [2.24, 2.45) is 0 Å². The first-order valence-electron chi connectivity index (χ1n) is 7.89. The van der Waals surface area contributed by atoms with Crippen LogP contribution in [0.3, 0.4) is 0 Å². The second-order valence-electron chi connectivity index (χ2n) is 5.93. The van der Waals surface area contributed by atoms with E-state index in [-0.39, 0.29) is 6.03 Å². The molecule has 0 radical (unpaired) electrons. The number of nitrogens with zero attached hydrogens (tertiary/aromatic N) is 3. The number of anilines is 1. The van der Waals surface area contributed by atoms with E-state index in [4.69, 9.17) is 0 Å². The molecule has 1 saturated carbocycles. The number of likely N-dealkylation sites (tertiary alicyclic amines) is 1. The minimum atomic E-state index is 0.113. The molecule has 0 aromatic carbocycles. The number of carbonyl (C=O) groups is 1. The lowest BCUT2D eigenvalue weighted by molar-refractivity contribution is 0.180. The van der Waals surface area contributed by atoms with Gasteiger partial charge in [-0.2, -0.15) is 0 Å². The number of amides is 2. The Morgan fingerprint density at radius 1 is 1.14 bits per heavy atom. The molecule has 0 spiro atoms. The average molecular weight is 289 g/mol. The fourth-order valence-electron chi connectivity index (χ4n) is 3.15. The van der Waals surface area contributed by atoms with Gasteiger partial charge in [-0.1, -0.05) is 12.8 Å². The van der Waals surface area contributed by atoms with E-state index < -0.39 is 0 Å². The molecule has 0 atom stereocenters. The molecule has 2 fully saturated rings. The second-order valence-corrected chi connectivity index (χ2v) is 5.93. The van der Waals surface area contributed by atoms with Crippen molar-refractivity contribution in [2.75, 3.05) is 18.4 Å². The Balaban J connectivity index is 1.43. The van der Waals surface area contributed by atoms with Crippen LogP contribution in [0.4, 0.5) is 10.6 Å². The van der Waals surface area contributed by atoms with Crippen LogP contribution in [0.25, 0.3) is 0 Å². The fourth-order valence-corrected chi connectivity index (χ4v) is 3.15. The minimum absolute atomic E-state index is 0.113. The van der Waals surface area contributed by atoms with Gasteiger partial charge in [0.2, 0.25) is 0 Å². The molecule has 1 aliphatic heterocycles. The molecule has 6 nitrogen and oxygen atoms in total. The van der Waals surface area contributed by atoms with Gasteiger partial charge in [-0.3, -0.25) is 0 Å². The third-order valence-electron chi connectivity index (χ3n) is 4.40. The first-order valence-corrected chi connectivity index (χ1v) is 7.89. The van der Waals surface area contributed by atoms with Crippen LogP contribution in [0.5, 0.6) is 0 Å². The first-order chi connectivity index (χ1) is 10.3. The van der Waals surface area contributed by atoms with Gasteiger partial charge in [-0.25, -0.2) is 14.8 Å². The number of urea groups is 1. The van der Waals surface area contributed by atoms with Crippen molar-refractivity contribution in [3.8, 4) is 0 Å². The summed E-state index contributed by atoms with van der Waals surface area (Å²) in [7, 11) is 0. The van der Waals surface area contributed by atoms with E-state index in [9.17, 15) is 4.79 Å². The number of piperidine rings is 1. The van der Waals surface area contributed by atoms with Gasteiger partial charge >= 0.3 is 6.03 Å². The number of hydrogen-bond donors (Lipinski definition) is 2. The van der Waals surface area contributed by atoms with Gasteiger partial charge < -0.3 is 15.5 Å². The highest BCUT2D eigenvalue weighted by Gasteiger charge is 2.25. The van der Waals surface area contributed by atoms with Crippen LogP contribution in [-0.2, 0) is 0 Å². The summed E-state index contributed by atoms with van der Waals surface area (Å²) < 4.78 is 0. The van der Waals surface area contributed by atoms with Crippen LogP contribution in [0.15, 0.2) is 18.6 Å². The zero-order valence-electron chi connectivity index (χ0n) is 12.3. The SMILES string of the molecule is O=C(NC1CCCC1)N1CCC(Nc2ccncn2)CC1. The van der Waals surface area contributed by atoms with Crippen molar-refractivity contribution < 1.29 is 4.79 Å². The van der Waals surface area contributed by atoms with Crippen LogP contribution in [0.1, 0.15) is 38.5 Å². The van der Waals surface area contributed by atoms with E-state index in [0.29, 0.717) is 12.1 Å². The summed E-state index contributed by atoms with van der Waals surface area (Å²) in [5.41, 5.74) is 0. The first kappa shape index (κ1) is 14.1. The molecule has 3 rings (SSSR count). The van der Waals surface area contributed by atoms with Crippen molar-refractivity contribution in [1.82, 2.24) is 20.2 Å². The van der Waals surface area contributed by atoms with Crippen molar-refractivity contribution in [3.05, 3.63) is 18.6 Å². The van der Waals surface area contributed by atoms with Gasteiger partial charge in [0.25, 0.3) is 0 Å². The van der Waals surface area contributed by atoms with E-state index in [1.54, 1.807) is 12.5 Å². The van der Waals surface area contributed by atoms with Crippen LogP contribution < -0.4 is 10.6 Å². The summed E-state index contributed by atoms with van der Waals surface area (Å²) in [6.45, 7) is 1.61. The lowest BCUT2D eigenvalue weighted by Gasteiger charge is -2.33. The fraction of sp³-hybridized carbons (Fsp3) is 0.667. The molecule has 0 bridgehead atoms. The summed E-state index contributed by atoms with van der Waals surface area (Å²) in [5.74, 6) is 0.860. The lowest BCUT2D eigenvalue weighted by Crippen LogP contribution is -2.49. The summed E-state index contributed by atoms with van der Waals surface area (Å²) >= 11 is 0. The minimum Gasteiger partial charge on any atom is -0.367 e. The Labute approximate surface area is 125 Å². The Morgan fingerprint density at radius 2 is 1.90 bits per heavy atom. The number of hydrogen-bond acceptors (Lipinski definition) is 4. The van der Waals surface area contributed by atoms with Crippen molar-refractivity contribution in [1.29, 1.82) is 0 Å². The van der Waals surface area contributed by atoms with Crippen molar-refractivity contribution >= 4 is 11.8 Å². The van der Waals surface area contributed by atoms with Gasteiger partial charge in [0, 0.05) is 31.4 Å². The molecule has 1 aliphatic carbocycles. The Bertz CT molecular complexity index is 452. The van der Waals surface area contributed by atoms with Crippen molar-refractivity contribution in [2.45, 2.75) is 50.6 Å². The van der Waals surface area contributed by atoms with E-state index in [0.717, 1.165) is 44.6 Å². The zero-order chi connectivity index (χ0) is 14.5. The van der Waals surface area contributed by atoms with E-state index >= 15 is 0 Å². The van der Waals surface area contributed by atoms with Gasteiger partial charge in [0.05, 0.1) is 0 Å². The predicted octanol–water partition coefficient (Wildman–Crippen LogP) is 2.01. The maximum Gasteiger partial charge on any atom is 0.317 e. The third kappa shape index (κ3) is 3.83. The smallest absolute Gasteiger partial charge is 0.317 e. The largest absolute Gasteiger partial charge is 0.367 e. The molecule has 114 valence electrons. The predicted molar refractivity (Wildman–Crippen MR) is 81.0 cm³/mol. The molecule has 1 aromatic heterocycles. The molecule has 6 heteroatoms. The highest BCUT2D eigenvalue weighted by Crippen LogP contribution is 2.19. The molecular formula is C15H23N5O. The number of aromatic nitrogens is 2. The van der Waals surface area contributed by atoms with Gasteiger partial charge in [0.15, 0.2) is 0 Å². The topological polar surface area (TPSA) is 70.2 Å². The molecule has 1 saturated heterocycles. The Hall–Kier alpha value is -1.85. The van der Waals surface area contributed by atoms with E-state index in [1.807, 2.05) is 11.0 Å². The van der Waals surface area contributed by atoms with Gasteiger partial charge in [0.1, 0.15) is 12.1 Å². The van der Waals surface area contributed by atoms with E-state index in [1.165, 1.54) is 12.8 Å². The number of nitrogens with one attached hydrogen (secondary N) is 2. The molecule has 2 N–H and O–H groups in total.